The van der Waals surface area contributed by atoms with Gasteiger partial charge in [0.05, 0.1) is 11.1 Å². The van der Waals surface area contributed by atoms with Crippen molar-refractivity contribution in [1.29, 1.82) is 0 Å². The lowest BCUT2D eigenvalue weighted by atomic mass is 10.0. The minimum Gasteiger partial charge on any atom is -0.378 e. The number of aromatic nitrogens is 1. The second kappa shape index (κ2) is 5.75. The van der Waals surface area contributed by atoms with Crippen LogP contribution in [0.25, 0.3) is 0 Å². The largest absolute Gasteiger partial charge is 0.378 e. The maximum Gasteiger partial charge on any atom is 0.0897 e. The van der Waals surface area contributed by atoms with Gasteiger partial charge < -0.3 is 10.1 Å². The van der Waals surface area contributed by atoms with Crippen molar-refractivity contribution in [3.63, 3.8) is 0 Å². The quantitative estimate of drug-likeness (QED) is 0.878. The number of hydrogen-bond acceptors (Lipinski definition) is 4. The van der Waals surface area contributed by atoms with E-state index in [0.29, 0.717) is 12.1 Å². The Morgan fingerprint density at radius 2 is 2.50 bits per heavy atom. The molecule has 0 radical (unpaired) electrons. The third-order valence-electron chi connectivity index (χ3n) is 3.06. The van der Waals surface area contributed by atoms with Crippen molar-refractivity contribution in [2.75, 3.05) is 6.61 Å². The predicted molar refractivity (Wildman–Crippen MR) is 66.7 cm³/mol. The summed E-state index contributed by atoms with van der Waals surface area (Å²) in [6.07, 6.45) is 5.83. The highest BCUT2D eigenvalue weighted by molar-refractivity contribution is 7.11. The summed E-state index contributed by atoms with van der Waals surface area (Å²) < 4.78 is 5.66. The lowest BCUT2D eigenvalue weighted by molar-refractivity contribution is -0.000277. The van der Waals surface area contributed by atoms with Crippen LogP contribution in [0.1, 0.15) is 36.1 Å². The molecule has 0 aromatic carbocycles. The zero-order chi connectivity index (χ0) is 11.4. The summed E-state index contributed by atoms with van der Waals surface area (Å²) in [6.45, 7) is 6.10. The first kappa shape index (κ1) is 12.0. The Labute approximate surface area is 101 Å². The molecule has 1 aromatic rings. The zero-order valence-corrected chi connectivity index (χ0v) is 10.8. The topological polar surface area (TPSA) is 34.2 Å². The molecule has 1 fully saturated rings. The normalized spacial score (nSPS) is 25.9. The number of rotatable bonds is 4. The van der Waals surface area contributed by atoms with Crippen molar-refractivity contribution in [3.05, 3.63) is 16.1 Å². The van der Waals surface area contributed by atoms with Gasteiger partial charge in [-0.25, -0.2) is 4.98 Å². The Morgan fingerprint density at radius 3 is 3.19 bits per heavy atom. The van der Waals surface area contributed by atoms with Crippen LogP contribution in [0.2, 0.25) is 0 Å². The van der Waals surface area contributed by atoms with Gasteiger partial charge in [0.15, 0.2) is 0 Å². The molecule has 2 heterocycles. The molecule has 1 aromatic heterocycles. The van der Waals surface area contributed by atoms with Gasteiger partial charge in [0, 0.05) is 30.3 Å². The van der Waals surface area contributed by atoms with E-state index in [1.165, 1.54) is 4.88 Å². The smallest absolute Gasteiger partial charge is 0.0897 e. The summed E-state index contributed by atoms with van der Waals surface area (Å²) in [6, 6.07) is 0.612. The second-order valence-corrected chi connectivity index (χ2v) is 5.67. The fraction of sp³-hybridized carbons (Fsp3) is 0.750. The predicted octanol–water partition coefficient (Wildman–Crippen LogP) is 2.50. The average Bonchev–Trinajstić information content (AvgIpc) is 2.73. The van der Waals surface area contributed by atoms with E-state index in [-0.39, 0.29) is 0 Å². The van der Waals surface area contributed by atoms with Crippen LogP contribution in [-0.4, -0.2) is 23.7 Å². The molecule has 16 heavy (non-hydrogen) atoms. The number of hydrogen-bond donors (Lipinski definition) is 1. The first-order valence-corrected chi connectivity index (χ1v) is 6.86. The van der Waals surface area contributed by atoms with E-state index in [1.54, 1.807) is 11.3 Å². The molecular weight excluding hydrogens is 220 g/mol. The number of thiazole rings is 1. The van der Waals surface area contributed by atoms with E-state index in [2.05, 4.69) is 24.1 Å². The van der Waals surface area contributed by atoms with Gasteiger partial charge in [-0.05, 0) is 26.2 Å². The number of nitrogens with zero attached hydrogens (tertiary/aromatic N) is 1. The van der Waals surface area contributed by atoms with Crippen LogP contribution in [0.4, 0.5) is 0 Å². The molecule has 2 unspecified atom stereocenters. The highest BCUT2D eigenvalue weighted by Gasteiger charge is 2.20. The maximum atomic E-state index is 5.66. The lowest BCUT2D eigenvalue weighted by Gasteiger charge is -2.29. The number of aryl methyl sites for hydroxylation is 1. The maximum absolute atomic E-state index is 5.66. The monoisotopic (exact) mass is 240 g/mol. The van der Waals surface area contributed by atoms with Gasteiger partial charge in [-0.3, -0.25) is 0 Å². The highest BCUT2D eigenvalue weighted by atomic mass is 32.1. The fourth-order valence-electron chi connectivity index (χ4n) is 2.08. The summed E-state index contributed by atoms with van der Waals surface area (Å²) in [5, 5.41) is 4.75. The molecule has 1 N–H and O–H groups in total. The van der Waals surface area contributed by atoms with E-state index < -0.39 is 0 Å². The van der Waals surface area contributed by atoms with Crippen molar-refractivity contribution in [3.8, 4) is 0 Å². The number of ether oxygens (including phenoxy) is 1. The van der Waals surface area contributed by atoms with Crippen LogP contribution in [0.3, 0.4) is 0 Å². The number of nitrogens with one attached hydrogen (secondary N) is 1. The van der Waals surface area contributed by atoms with Crippen LogP contribution in [0.15, 0.2) is 6.20 Å². The molecule has 0 aliphatic carbocycles. The molecule has 1 saturated heterocycles. The molecular formula is C12H20N2OS. The Hall–Kier alpha value is -0.450. The average molecular weight is 240 g/mol. The summed E-state index contributed by atoms with van der Waals surface area (Å²) in [7, 11) is 0. The second-order valence-electron chi connectivity index (χ2n) is 4.35. The van der Waals surface area contributed by atoms with Gasteiger partial charge in [-0.2, -0.15) is 0 Å². The van der Waals surface area contributed by atoms with Crippen molar-refractivity contribution in [2.24, 2.45) is 0 Å². The zero-order valence-electron chi connectivity index (χ0n) is 10.0. The molecule has 0 bridgehead atoms. The van der Waals surface area contributed by atoms with E-state index >= 15 is 0 Å². The standard InChI is InChI=1S/C12H20N2OS/c1-3-11-6-10(4-5-15-11)14-8-12-7-13-9(2)16-12/h7,10-11,14H,3-6,8H2,1-2H3. The minimum atomic E-state index is 0.453. The van der Waals surface area contributed by atoms with E-state index in [9.17, 15) is 0 Å². The van der Waals surface area contributed by atoms with Gasteiger partial charge in [0.1, 0.15) is 0 Å². The summed E-state index contributed by atoms with van der Waals surface area (Å²) in [4.78, 5) is 5.60. The van der Waals surface area contributed by atoms with Crippen molar-refractivity contribution in [2.45, 2.75) is 51.8 Å². The van der Waals surface area contributed by atoms with E-state index in [0.717, 1.165) is 37.4 Å². The van der Waals surface area contributed by atoms with Gasteiger partial charge in [0.25, 0.3) is 0 Å². The van der Waals surface area contributed by atoms with Crippen LogP contribution in [-0.2, 0) is 11.3 Å². The van der Waals surface area contributed by atoms with E-state index in [4.69, 9.17) is 4.74 Å². The minimum absolute atomic E-state index is 0.453. The molecule has 0 amide bonds. The lowest BCUT2D eigenvalue weighted by Crippen LogP contribution is -2.38. The first-order chi connectivity index (χ1) is 7.78. The molecule has 1 aliphatic heterocycles. The summed E-state index contributed by atoms with van der Waals surface area (Å²) >= 11 is 1.78. The van der Waals surface area contributed by atoms with Crippen LogP contribution in [0.5, 0.6) is 0 Å². The highest BCUT2D eigenvalue weighted by Crippen LogP contribution is 2.17. The van der Waals surface area contributed by atoms with Crippen molar-refractivity contribution in [1.82, 2.24) is 10.3 Å². The molecule has 1 aliphatic rings. The third-order valence-corrected chi connectivity index (χ3v) is 3.97. The SMILES string of the molecule is CCC1CC(NCc2cnc(C)s2)CCO1. The third kappa shape index (κ3) is 3.27. The van der Waals surface area contributed by atoms with Gasteiger partial charge >= 0.3 is 0 Å². The van der Waals surface area contributed by atoms with Crippen LogP contribution in [0, 0.1) is 6.92 Å². The Kier molecular flexibility index (Phi) is 4.32. The Morgan fingerprint density at radius 1 is 1.62 bits per heavy atom. The Bertz CT molecular complexity index is 327. The van der Waals surface area contributed by atoms with Crippen LogP contribution < -0.4 is 5.32 Å². The van der Waals surface area contributed by atoms with Crippen molar-refractivity contribution >= 4 is 11.3 Å². The molecule has 4 heteroatoms. The molecule has 90 valence electrons. The summed E-state index contributed by atoms with van der Waals surface area (Å²) in [5.74, 6) is 0. The molecule has 2 rings (SSSR count). The van der Waals surface area contributed by atoms with Gasteiger partial charge in [-0.15, -0.1) is 11.3 Å². The molecule has 3 nitrogen and oxygen atoms in total. The molecule has 2 atom stereocenters. The van der Waals surface area contributed by atoms with Gasteiger partial charge in [-0.1, -0.05) is 6.92 Å². The fourth-order valence-corrected chi connectivity index (χ4v) is 2.83. The first-order valence-electron chi connectivity index (χ1n) is 6.04. The Balaban J connectivity index is 1.77. The molecule has 0 spiro atoms. The van der Waals surface area contributed by atoms with Gasteiger partial charge in [0.2, 0.25) is 0 Å². The van der Waals surface area contributed by atoms with E-state index in [1.807, 2.05) is 6.20 Å². The molecule has 0 saturated carbocycles. The summed E-state index contributed by atoms with van der Waals surface area (Å²) in [5.41, 5.74) is 0. The van der Waals surface area contributed by atoms with Crippen LogP contribution >= 0.6 is 11.3 Å². The van der Waals surface area contributed by atoms with Crippen molar-refractivity contribution < 1.29 is 4.74 Å².